The van der Waals surface area contributed by atoms with Gasteiger partial charge < -0.3 is 5.32 Å². The summed E-state index contributed by atoms with van der Waals surface area (Å²) in [5.74, 6) is 0. The molecule has 60 valence electrons. The zero-order chi connectivity index (χ0) is 7.97. The van der Waals surface area contributed by atoms with Gasteiger partial charge in [0.1, 0.15) is 5.01 Å². The standard InChI is InChI=1S/C9H8N2S/c1-2-4-8-6(3-1)11-9(12-8)7-5-10-7/h1-4,7,10H,5H2. The third kappa shape index (κ3) is 0.940. The van der Waals surface area contributed by atoms with Crippen LogP contribution in [-0.2, 0) is 0 Å². The predicted molar refractivity (Wildman–Crippen MR) is 50.4 cm³/mol. The van der Waals surface area contributed by atoms with Crippen molar-refractivity contribution in [3.05, 3.63) is 29.3 Å². The van der Waals surface area contributed by atoms with Gasteiger partial charge in [-0.15, -0.1) is 11.3 Å². The third-order valence-electron chi connectivity index (χ3n) is 2.02. The van der Waals surface area contributed by atoms with Gasteiger partial charge in [-0.05, 0) is 12.1 Å². The number of para-hydroxylation sites is 1. The van der Waals surface area contributed by atoms with E-state index in [1.807, 2.05) is 6.07 Å². The van der Waals surface area contributed by atoms with Crippen molar-refractivity contribution in [1.82, 2.24) is 10.3 Å². The van der Waals surface area contributed by atoms with Crippen LogP contribution in [0.1, 0.15) is 11.0 Å². The average Bonchev–Trinajstić information content (AvgIpc) is 2.85. The predicted octanol–water partition coefficient (Wildman–Crippen LogP) is 1.94. The molecular formula is C9H8N2S. The number of hydrogen-bond donors (Lipinski definition) is 1. The second-order valence-electron chi connectivity index (χ2n) is 2.98. The summed E-state index contributed by atoms with van der Waals surface area (Å²) in [7, 11) is 0. The van der Waals surface area contributed by atoms with Crippen molar-refractivity contribution in [1.29, 1.82) is 0 Å². The van der Waals surface area contributed by atoms with Gasteiger partial charge in [0.15, 0.2) is 0 Å². The summed E-state index contributed by atoms with van der Waals surface area (Å²) in [6, 6.07) is 8.83. The molecule has 1 aromatic heterocycles. The molecule has 1 saturated heterocycles. The Hall–Kier alpha value is -0.930. The average molecular weight is 176 g/mol. The lowest BCUT2D eigenvalue weighted by Gasteiger charge is -1.81. The first-order chi connectivity index (χ1) is 5.93. The van der Waals surface area contributed by atoms with Crippen molar-refractivity contribution in [2.24, 2.45) is 0 Å². The van der Waals surface area contributed by atoms with Crippen LogP contribution < -0.4 is 5.32 Å². The van der Waals surface area contributed by atoms with Crippen molar-refractivity contribution in [2.45, 2.75) is 6.04 Å². The molecule has 0 radical (unpaired) electrons. The molecule has 0 bridgehead atoms. The first kappa shape index (κ1) is 6.57. The molecule has 12 heavy (non-hydrogen) atoms. The lowest BCUT2D eigenvalue weighted by atomic mass is 10.3. The van der Waals surface area contributed by atoms with Crippen LogP contribution in [0.25, 0.3) is 10.2 Å². The van der Waals surface area contributed by atoms with Gasteiger partial charge in [-0.3, -0.25) is 0 Å². The zero-order valence-electron chi connectivity index (χ0n) is 6.45. The molecule has 1 aliphatic rings. The van der Waals surface area contributed by atoms with E-state index in [-0.39, 0.29) is 0 Å². The summed E-state index contributed by atoms with van der Waals surface area (Å²) in [4.78, 5) is 4.53. The van der Waals surface area contributed by atoms with Gasteiger partial charge in [0, 0.05) is 6.54 Å². The van der Waals surface area contributed by atoms with E-state index in [0.717, 1.165) is 12.1 Å². The van der Waals surface area contributed by atoms with Crippen molar-refractivity contribution in [3.63, 3.8) is 0 Å². The van der Waals surface area contributed by atoms with Crippen molar-refractivity contribution in [3.8, 4) is 0 Å². The maximum absolute atomic E-state index is 4.53. The first-order valence-electron chi connectivity index (χ1n) is 4.02. The highest BCUT2D eigenvalue weighted by atomic mass is 32.1. The molecule has 1 aliphatic heterocycles. The highest BCUT2D eigenvalue weighted by Crippen LogP contribution is 2.29. The number of benzene rings is 1. The normalized spacial score (nSPS) is 21.5. The quantitative estimate of drug-likeness (QED) is 0.674. The number of rotatable bonds is 1. The Balaban J connectivity index is 2.23. The van der Waals surface area contributed by atoms with Crippen LogP contribution in [0.5, 0.6) is 0 Å². The van der Waals surface area contributed by atoms with Crippen molar-refractivity contribution in [2.75, 3.05) is 6.54 Å². The molecule has 2 nitrogen and oxygen atoms in total. The molecule has 0 saturated carbocycles. The third-order valence-corrected chi connectivity index (χ3v) is 3.17. The van der Waals surface area contributed by atoms with E-state index < -0.39 is 0 Å². The van der Waals surface area contributed by atoms with E-state index in [4.69, 9.17) is 0 Å². The fourth-order valence-electron chi connectivity index (χ4n) is 1.27. The monoisotopic (exact) mass is 176 g/mol. The van der Waals surface area contributed by atoms with E-state index in [0.29, 0.717) is 6.04 Å². The van der Waals surface area contributed by atoms with E-state index in [2.05, 4.69) is 28.5 Å². The van der Waals surface area contributed by atoms with Crippen molar-refractivity contribution >= 4 is 21.6 Å². The topological polar surface area (TPSA) is 34.8 Å². The number of aromatic nitrogens is 1. The highest BCUT2D eigenvalue weighted by molar-refractivity contribution is 7.18. The largest absolute Gasteiger partial charge is 0.305 e. The Labute approximate surface area is 74.2 Å². The van der Waals surface area contributed by atoms with Crippen LogP contribution >= 0.6 is 11.3 Å². The van der Waals surface area contributed by atoms with Gasteiger partial charge in [0.2, 0.25) is 0 Å². The molecular weight excluding hydrogens is 168 g/mol. The lowest BCUT2D eigenvalue weighted by Crippen LogP contribution is -1.79. The summed E-state index contributed by atoms with van der Waals surface area (Å²) in [5, 5.41) is 4.49. The van der Waals surface area contributed by atoms with Crippen molar-refractivity contribution < 1.29 is 0 Å². The fraction of sp³-hybridized carbons (Fsp3) is 0.222. The number of nitrogens with zero attached hydrogens (tertiary/aromatic N) is 1. The summed E-state index contributed by atoms with van der Waals surface area (Å²) in [6.45, 7) is 1.10. The highest BCUT2D eigenvalue weighted by Gasteiger charge is 2.25. The molecule has 0 spiro atoms. The molecule has 3 rings (SSSR count). The minimum Gasteiger partial charge on any atom is -0.305 e. The van der Waals surface area contributed by atoms with Crippen LogP contribution in [0, 0.1) is 0 Å². The van der Waals surface area contributed by atoms with Crippen LogP contribution in [0.2, 0.25) is 0 Å². The number of nitrogens with one attached hydrogen (secondary N) is 1. The Morgan fingerprint density at radius 1 is 1.42 bits per heavy atom. The molecule has 2 heterocycles. The van der Waals surface area contributed by atoms with E-state index >= 15 is 0 Å². The summed E-state index contributed by atoms with van der Waals surface area (Å²) in [6.07, 6.45) is 0. The van der Waals surface area contributed by atoms with Crippen LogP contribution in [0.15, 0.2) is 24.3 Å². The van der Waals surface area contributed by atoms with Gasteiger partial charge in [-0.2, -0.15) is 0 Å². The van der Waals surface area contributed by atoms with Gasteiger partial charge in [-0.1, -0.05) is 12.1 Å². The molecule has 1 atom stereocenters. The maximum atomic E-state index is 4.53. The zero-order valence-corrected chi connectivity index (χ0v) is 7.27. The Morgan fingerprint density at radius 2 is 2.25 bits per heavy atom. The number of hydrogen-bond acceptors (Lipinski definition) is 3. The smallest absolute Gasteiger partial charge is 0.112 e. The summed E-state index contributed by atoms with van der Waals surface area (Å²) in [5.41, 5.74) is 1.13. The van der Waals surface area contributed by atoms with Crippen LogP contribution in [0.4, 0.5) is 0 Å². The fourth-order valence-corrected chi connectivity index (χ4v) is 2.32. The van der Waals surface area contributed by atoms with E-state index in [1.54, 1.807) is 11.3 Å². The molecule has 1 aromatic carbocycles. The Morgan fingerprint density at radius 3 is 3.00 bits per heavy atom. The molecule has 1 N–H and O–H groups in total. The Bertz CT molecular complexity index is 384. The Kier molecular flexibility index (Phi) is 1.25. The van der Waals surface area contributed by atoms with Gasteiger partial charge in [0.05, 0.1) is 16.3 Å². The van der Waals surface area contributed by atoms with Gasteiger partial charge in [-0.25, -0.2) is 4.98 Å². The summed E-state index contributed by atoms with van der Waals surface area (Å²) >= 11 is 1.79. The van der Waals surface area contributed by atoms with E-state index in [9.17, 15) is 0 Å². The number of fused-ring (bicyclic) bond motifs is 1. The second kappa shape index (κ2) is 2.28. The number of thiazole rings is 1. The van der Waals surface area contributed by atoms with Gasteiger partial charge in [0.25, 0.3) is 0 Å². The molecule has 1 fully saturated rings. The molecule has 1 unspecified atom stereocenters. The van der Waals surface area contributed by atoms with Crippen LogP contribution in [0.3, 0.4) is 0 Å². The lowest BCUT2D eigenvalue weighted by molar-refractivity contribution is 1.05. The molecule has 3 heteroatoms. The maximum Gasteiger partial charge on any atom is 0.112 e. The molecule has 2 aromatic rings. The van der Waals surface area contributed by atoms with Crippen LogP contribution in [-0.4, -0.2) is 11.5 Å². The SMILES string of the molecule is c1ccc2sc(C3CN3)nc2c1. The molecule has 0 aliphatic carbocycles. The summed E-state index contributed by atoms with van der Waals surface area (Å²) < 4.78 is 1.29. The minimum atomic E-state index is 0.544. The second-order valence-corrected chi connectivity index (χ2v) is 4.04. The molecule has 0 amide bonds. The van der Waals surface area contributed by atoms with E-state index in [1.165, 1.54) is 9.71 Å². The van der Waals surface area contributed by atoms with Gasteiger partial charge >= 0.3 is 0 Å². The minimum absolute atomic E-state index is 0.544. The first-order valence-corrected chi connectivity index (χ1v) is 4.84.